The van der Waals surface area contributed by atoms with Crippen LogP contribution >= 0.6 is 15.9 Å². The summed E-state index contributed by atoms with van der Waals surface area (Å²) in [6, 6.07) is 5.29. The molecule has 0 spiro atoms. The van der Waals surface area contributed by atoms with Crippen molar-refractivity contribution >= 4 is 21.8 Å². The molecule has 0 aromatic heterocycles. The second-order valence-corrected chi connectivity index (χ2v) is 6.59. The molecule has 108 valence electrons. The molecule has 0 saturated carbocycles. The zero-order valence-corrected chi connectivity index (χ0v) is 13.1. The maximum atomic E-state index is 12.7. The standard InChI is InChI=1S/C15H19BrN2O2/c1-2-13-12-7-17-6-9(12)8-18(13)15(20)11-5-10(16)3-4-14(11)19/h3-5,9,12-13,17,19H,2,6-8H2,1H3. The Balaban J connectivity index is 1.88. The van der Waals surface area contributed by atoms with Crippen molar-refractivity contribution in [2.45, 2.75) is 19.4 Å². The van der Waals surface area contributed by atoms with Gasteiger partial charge in [0.25, 0.3) is 5.91 Å². The molecule has 0 radical (unpaired) electrons. The minimum atomic E-state index is -0.0509. The van der Waals surface area contributed by atoms with Gasteiger partial charge < -0.3 is 15.3 Å². The van der Waals surface area contributed by atoms with E-state index < -0.39 is 0 Å². The first-order valence-corrected chi connectivity index (χ1v) is 7.91. The smallest absolute Gasteiger partial charge is 0.257 e. The topological polar surface area (TPSA) is 52.6 Å². The van der Waals surface area contributed by atoms with Gasteiger partial charge in [0.2, 0.25) is 0 Å². The van der Waals surface area contributed by atoms with Crippen LogP contribution in [-0.4, -0.2) is 41.6 Å². The molecule has 0 aliphatic carbocycles. The molecule has 1 aromatic rings. The van der Waals surface area contributed by atoms with Crippen molar-refractivity contribution in [1.29, 1.82) is 0 Å². The Morgan fingerprint density at radius 1 is 1.50 bits per heavy atom. The van der Waals surface area contributed by atoms with E-state index in [9.17, 15) is 9.90 Å². The monoisotopic (exact) mass is 338 g/mol. The fourth-order valence-corrected chi connectivity index (χ4v) is 3.97. The molecule has 3 atom stereocenters. The van der Waals surface area contributed by atoms with Crippen LogP contribution in [0.2, 0.25) is 0 Å². The third-order valence-corrected chi connectivity index (χ3v) is 5.08. The van der Waals surface area contributed by atoms with Crippen molar-refractivity contribution in [3.63, 3.8) is 0 Å². The van der Waals surface area contributed by atoms with Gasteiger partial charge in [-0.05, 0) is 36.5 Å². The highest BCUT2D eigenvalue weighted by molar-refractivity contribution is 9.10. The second-order valence-electron chi connectivity index (χ2n) is 5.68. The van der Waals surface area contributed by atoms with E-state index >= 15 is 0 Å². The molecule has 2 saturated heterocycles. The molecule has 2 aliphatic heterocycles. The van der Waals surface area contributed by atoms with Crippen molar-refractivity contribution in [3.8, 4) is 5.75 Å². The first-order valence-electron chi connectivity index (χ1n) is 7.12. The van der Waals surface area contributed by atoms with Gasteiger partial charge in [-0.25, -0.2) is 0 Å². The number of phenolic OH excluding ortho intramolecular Hbond substituents is 1. The molecule has 20 heavy (non-hydrogen) atoms. The van der Waals surface area contributed by atoms with Gasteiger partial charge >= 0.3 is 0 Å². The van der Waals surface area contributed by atoms with Gasteiger partial charge in [0.15, 0.2) is 0 Å². The highest BCUT2D eigenvalue weighted by Crippen LogP contribution is 2.36. The lowest BCUT2D eigenvalue weighted by molar-refractivity contribution is 0.0708. The van der Waals surface area contributed by atoms with Gasteiger partial charge in [-0.3, -0.25) is 4.79 Å². The highest BCUT2D eigenvalue weighted by atomic mass is 79.9. The van der Waals surface area contributed by atoms with Gasteiger partial charge in [0.05, 0.1) is 5.56 Å². The third kappa shape index (κ3) is 2.23. The zero-order chi connectivity index (χ0) is 14.3. The summed E-state index contributed by atoms with van der Waals surface area (Å²) < 4.78 is 0.813. The molecule has 1 amide bonds. The Morgan fingerprint density at radius 3 is 3.05 bits per heavy atom. The van der Waals surface area contributed by atoms with Crippen molar-refractivity contribution in [2.24, 2.45) is 11.8 Å². The Bertz CT molecular complexity index is 535. The predicted molar refractivity (Wildman–Crippen MR) is 80.8 cm³/mol. The maximum absolute atomic E-state index is 12.7. The first kappa shape index (κ1) is 13.9. The number of benzene rings is 1. The number of aromatic hydroxyl groups is 1. The highest BCUT2D eigenvalue weighted by Gasteiger charge is 2.45. The molecular weight excluding hydrogens is 320 g/mol. The summed E-state index contributed by atoms with van der Waals surface area (Å²) >= 11 is 3.36. The largest absolute Gasteiger partial charge is 0.507 e. The van der Waals surface area contributed by atoms with Crippen molar-refractivity contribution in [3.05, 3.63) is 28.2 Å². The number of hydrogen-bond acceptors (Lipinski definition) is 3. The molecular formula is C15H19BrN2O2. The molecule has 5 heteroatoms. The third-order valence-electron chi connectivity index (χ3n) is 4.59. The number of carbonyl (C=O) groups excluding carboxylic acids is 1. The van der Waals surface area contributed by atoms with Crippen LogP contribution in [0.4, 0.5) is 0 Å². The number of halogens is 1. The summed E-state index contributed by atoms with van der Waals surface area (Å²) in [5, 5.41) is 13.4. The number of rotatable bonds is 2. The van der Waals surface area contributed by atoms with Crippen LogP contribution in [0.1, 0.15) is 23.7 Å². The molecule has 2 fully saturated rings. The Morgan fingerprint density at radius 2 is 2.30 bits per heavy atom. The molecule has 1 aromatic carbocycles. The number of likely N-dealkylation sites (tertiary alicyclic amines) is 1. The minimum Gasteiger partial charge on any atom is -0.507 e. The summed E-state index contributed by atoms with van der Waals surface area (Å²) in [6.45, 7) is 4.92. The summed E-state index contributed by atoms with van der Waals surface area (Å²) in [6.07, 6.45) is 0.962. The van der Waals surface area contributed by atoms with Gasteiger partial charge in [-0.1, -0.05) is 22.9 Å². The second kappa shape index (κ2) is 5.37. The van der Waals surface area contributed by atoms with Crippen LogP contribution in [-0.2, 0) is 0 Å². The number of amides is 1. The Hall–Kier alpha value is -1.07. The normalized spacial score (nSPS) is 28.7. The molecule has 0 bridgehead atoms. The van der Waals surface area contributed by atoms with Crippen LogP contribution in [0, 0.1) is 11.8 Å². The number of fused-ring (bicyclic) bond motifs is 1. The molecule has 4 nitrogen and oxygen atoms in total. The number of hydrogen-bond donors (Lipinski definition) is 2. The van der Waals surface area contributed by atoms with Crippen LogP contribution in [0.25, 0.3) is 0 Å². The van der Waals surface area contributed by atoms with Crippen LogP contribution in [0.5, 0.6) is 5.75 Å². The van der Waals surface area contributed by atoms with E-state index in [4.69, 9.17) is 0 Å². The average molecular weight is 339 g/mol. The molecule has 2 aliphatic rings. The van der Waals surface area contributed by atoms with Crippen LogP contribution in [0.3, 0.4) is 0 Å². The maximum Gasteiger partial charge on any atom is 0.257 e. The Kier molecular flexibility index (Phi) is 3.73. The Labute approximate surface area is 127 Å². The SMILES string of the molecule is CCC1C2CNCC2CN1C(=O)c1cc(Br)ccc1O. The van der Waals surface area contributed by atoms with E-state index in [1.807, 2.05) is 4.90 Å². The predicted octanol–water partition coefficient (Wildman–Crippen LogP) is 2.22. The van der Waals surface area contributed by atoms with Gasteiger partial charge in [-0.2, -0.15) is 0 Å². The lowest BCUT2D eigenvalue weighted by Gasteiger charge is -2.27. The van der Waals surface area contributed by atoms with E-state index in [0.717, 1.165) is 30.5 Å². The van der Waals surface area contributed by atoms with Crippen molar-refractivity contribution in [2.75, 3.05) is 19.6 Å². The minimum absolute atomic E-state index is 0.0509. The molecule has 2 N–H and O–H groups in total. The van der Waals surface area contributed by atoms with Gasteiger partial charge in [0.1, 0.15) is 5.75 Å². The number of phenols is 1. The summed E-state index contributed by atoms with van der Waals surface area (Å²) in [5.41, 5.74) is 0.394. The van der Waals surface area contributed by atoms with E-state index in [1.54, 1.807) is 18.2 Å². The lowest BCUT2D eigenvalue weighted by atomic mass is 9.93. The van der Waals surface area contributed by atoms with Gasteiger partial charge in [0, 0.05) is 30.1 Å². The quantitative estimate of drug-likeness (QED) is 0.869. The molecule has 3 rings (SSSR count). The van der Waals surface area contributed by atoms with E-state index in [1.165, 1.54) is 0 Å². The molecule has 3 unspecified atom stereocenters. The van der Waals surface area contributed by atoms with Crippen LogP contribution in [0.15, 0.2) is 22.7 Å². The number of nitrogens with one attached hydrogen (secondary N) is 1. The van der Waals surface area contributed by atoms with Crippen molar-refractivity contribution in [1.82, 2.24) is 10.2 Å². The zero-order valence-electron chi connectivity index (χ0n) is 11.5. The van der Waals surface area contributed by atoms with Crippen molar-refractivity contribution < 1.29 is 9.90 Å². The first-order chi connectivity index (χ1) is 9.61. The molecule has 2 heterocycles. The summed E-state index contributed by atoms with van der Waals surface area (Å²) in [5.74, 6) is 1.12. The van der Waals surface area contributed by atoms with E-state index in [2.05, 4.69) is 28.2 Å². The lowest BCUT2D eigenvalue weighted by Crippen LogP contribution is -2.39. The number of nitrogens with zero attached hydrogens (tertiary/aromatic N) is 1. The average Bonchev–Trinajstić information content (AvgIpc) is 3.00. The van der Waals surface area contributed by atoms with E-state index in [0.29, 0.717) is 17.4 Å². The summed E-state index contributed by atoms with van der Waals surface area (Å²) in [7, 11) is 0. The fourth-order valence-electron chi connectivity index (χ4n) is 3.61. The van der Waals surface area contributed by atoms with E-state index in [-0.39, 0.29) is 17.7 Å². The number of carbonyl (C=O) groups is 1. The summed E-state index contributed by atoms with van der Waals surface area (Å²) in [4.78, 5) is 14.7. The van der Waals surface area contributed by atoms with Crippen LogP contribution < -0.4 is 5.32 Å². The van der Waals surface area contributed by atoms with Gasteiger partial charge in [-0.15, -0.1) is 0 Å². The fraction of sp³-hybridized carbons (Fsp3) is 0.533.